The molecule has 0 aliphatic carbocycles. The average Bonchev–Trinajstić information content (AvgIpc) is 2.79. The Morgan fingerprint density at radius 3 is 2.43 bits per heavy atom. The predicted octanol–water partition coefficient (Wildman–Crippen LogP) is 2.47. The molecular formula is C13H21F3N2O3. The van der Waals surface area contributed by atoms with Gasteiger partial charge in [0.2, 0.25) is 0 Å². The number of halogens is 3. The molecule has 1 saturated heterocycles. The minimum absolute atomic E-state index is 0.0728. The third kappa shape index (κ3) is 4.50. The molecule has 2 N–H and O–H groups in total. The van der Waals surface area contributed by atoms with Gasteiger partial charge in [-0.3, -0.25) is 4.79 Å². The maximum absolute atomic E-state index is 12.0. The predicted molar refractivity (Wildman–Crippen MR) is 69.8 cm³/mol. The van der Waals surface area contributed by atoms with Gasteiger partial charge >= 0.3 is 18.2 Å². The first kappa shape index (κ1) is 17.6. The summed E-state index contributed by atoms with van der Waals surface area (Å²) in [6.45, 7) is 3.90. The first-order chi connectivity index (χ1) is 9.58. The van der Waals surface area contributed by atoms with Crippen molar-refractivity contribution >= 4 is 12.0 Å². The van der Waals surface area contributed by atoms with E-state index in [1.54, 1.807) is 13.8 Å². The number of amides is 2. The Morgan fingerprint density at radius 1 is 1.38 bits per heavy atom. The Labute approximate surface area is 121 Å². The molecule has 122 valence electrons. The summed E-state index contributed by atoms with van der Waals surface area (Å²) in [4.78, 5) is 24.6. The third-order valence-corrected chi connectivity index (χ3v) is 4.03. The number of rotatable bonds is 5. The monoisotopic (exact) mass is 310 g/mol. The summed E-state index contributed by atoms with van der Waals surface area (Å²) in [6, 6.07) is -0.499. The minimum Gasteiger partial charge on any atom is -0.481 e. The summed E-state index contributed by atoms with van der Waals surface area (Å²) in [5.41, 5.74) is -0.969. The average molecular weight is 310 g/mol. The van der Waals surface area contributed by atoms with Crippen LogP contribution in [0.3, 0.4) is 0 Å². The topological polar surface area (TPSA) is 69.6 Å². The molecule has 1 heterocycles. The van der Waals surface area contributed by atoms with E-state index in [0.717, 1.165) is 0 Å². The van der Waals surface area contributed by atoms with Crippen LogP contribution in [-0.4, -0.2) is 47.8 Å². The highest BCUT2D eigenvalue weighted by atomic mass is 19.4. The zero-order chi connectivity index (χ0) is 16.3. The molecule has 0 aromatic rings. The first-order valence-electron chi connectivity index (χ1n) is 6.91. The zero-order valence-electron chi connectivity index (χ0n) is 12.2. The molecule has 1 atom stereocenters. The van der Waals surface area contributed by atoms with Gasteiger partial charge in [-0.1, -0.05) is 13.8 Å². The second-order valence-electron chi connectivity index (χ2n) is 5.74. The van der Waals surface area contributed by atoms with Crippen LogP contribution in [0.4, 0.5) is 18.0 Å². The van der Waals surface area contributed by atoms with E-state index in [0.29, 0.717) is 13.0 Å². The molecule has 1 aliphatic rings. The van der Waals surface area contributed by atoms with Crippen molar-refractivity contribution in [1.29, 1.82) is 0 Å². The summed E-state index contributed by atoms with van der Waals surface area (Å²) in [5.74, 6) is -1.07. The molecule has 0 bridgehead atoms. The quantitative estimate of drug-likeness (QED) is 0.766. The molecule has 1 unspecified atom stereocenters. The van der Waals surface area contributed by atoms with Crippen LogP contribution in [0, 0.1) is 11.3 Å². The molecule has 0 saturated carbocycles. The van der Waals surface area contributed by atoms with Crippen molar-refractivity contribution in [3.8, 4) is 0 Å². The fraction of sp³-hybridized carbons (Fsp3) is 0.846. The summed E-state index contributed by atoms with van der Waals surface area (Å²) in [7, 11) is 0. The number of carbonyl (C=O) groups excluding carboxylic acids is 1. The number of hydrogen-bond acceptors (Lipinski definition) is 2. The number of hydrogen-bond donors (Lipinski definition) is 2. The van der Waals surface area contributed by atoms with Crippen molar-refractivity contribution in [2.24, 2.45) is 11.3 Å². The molecule has 0 spiro atoms. The van der Waals surface area contributed by atoms with Crippen molar-refractivity contribution in [1.82, 2.24) is 10.2 Å². The van der Waals surface area contributed by atoms with Crippen LogP contribution in [0.25, 0.3) is 0 Å². The fourth-order valence-corrected chi connectivity index (χ4v) is 2.50. The second kappa shape index (κ2) is 6.53. The van der Waals surface area contributed by atoms with Crippen molar-refractivity contribution < 1.29 is 27.9 Å². The molecule has 0 radical (unpaired) electrons. The van der Waals surface area contributed by atoms with E-state index >= 15 is 0 Å². The molecule has 1 fully saturated rings. The number of urea groups is 1. The molecule has 8 heteroatoms. The van der Waals surface area contributed by atoms with E-state index in [4.69, 9.17) is 0 Å². The van der Waals surface area contributed by atoms with Gasteiger partial charge in [0.15, 0.2) is 0 Å². The van der Waals surface area contributed by atoms with Crippen molar-refractivity contribution in [3.05, 3.63) is 0 Å². The Morgan fingerprint density at radius 2 is 2.00 bits per heavy atom. The van der Waals surface area contributed by atoms with E-state index in [1.165, 1.54) is 4.90 Å². The van der Waals surface area contributed by atoms with Crippen molar-refractivity contribution in [3.63, 3.8) is 0 Å². The van der Waals surface area contributed by atoms with Gasteiger partial charge in [-0.25, -0.2) is 4.79 Å². The summed E-state index contributed by atoms with van der Waals surface area (Å²) < 4.78 is 35.9. The Bertz CT molecular complexity index is 399. The van der Waals surface area contributed by atoms with Crippen LogP contribution in [0.2, 0.25) is 0 Å². The summed E-state index contributed by atoms with van der Waals surface area (Å²) >= 11 is 0. The van der Waals surface area contributed by atoms with E-state index in [-0.39, 0.29) is 25.4 Å². The molecule has 0 aromatic carbocycles. The van der Waals surface area contributed by atoms with Crippen LogP contribution in [0.5, 0.6) is 0 Å². The van der Waals surface area contributed by atoms with Gasteiger partial charge in [0, 0.05) is 26.1 Å². The van der Waals surface area contributed by atoms with Gasteiger partial charge in [0.05, 0.1) is 5.41 Å². The molecule has 1 rings (SSSR count). The Balaban J connectivity index is 2.46. The summed E-state index contributed by atoms with van der Waals surface area (Å²) in [6.07, 6.45) is -5.00. The number of nitrogens with zero attached hydrogens (tertiary/aromatic N) is 1. The molecule has 0 aromatic heterocycles. The highest BCUT2D eigenvalue weighted by Crippen LogP contribution is 2.38. The van der Waals surface area contributed by atoms with E-state index < -0.39 is 30.0 Å². The van der Waals surface area contributed by atoms with Gasteiger partial charge in [0.1, 0.15) is 0 Å². The van der Waals surface area contributed by atoms with Crippen LogP contribution >= 0.6 is 0 Å². The molecule has 1 aliphatic heterocycles. The lowest BCUT2D eigenvalue weighted by atomic mass is 9.76. The maximum Gasteiger partial charge on any atom is 0.389 e. The lowest BCUT2D eigenvalue weighted by Gasteiger charge is -2.28. The van der Waals surface area contributed by atoms with Crippen molar-refractivity contribution in [2.45, 2.75) is 39.3 Å². The third-order valence-electron chi connectivity index (χ3n) is 4.03. The van der Waals surface area contributed by atoms with Gasteiger partial charge < -0.3 is 15.3 Å². The maximum atomic E-state index is 12.0. The number of carboxylic acids is 1. The van der Waals surface area contributed by atoms with Crippen LogP contribution in [0.15, 0.2) is 0 Å². The zero-order valence-corrected chi connectivity index (χ0v) is 12.2. The largest absolute Gasteiger partial charge is 0.481 e. The number of aliphatic carboxylic acids is 1. The first-order valence-corrected chi connectivity index (χ1v) is 6.91. The lowest BCUT2D eigenvalue weighted by molar-refractivity contribution is -0.150. The standard InChI is InChI=1S/C13H21F3N2O3/c1-9(2)12(10(19)20)5-7-18(8-12)11(21)17-6-3-4-13(14,15)16/h9H,3-8H2,1-2H3,(H,17,21)(H,19,20). The number of nitrogens with one attached hydrogen (secondary N) is 1. The van der Waals surface area contributed by atoms with Crippen LogP contribution < -0.4 is 5.32 Å². The number of likely N-dealkylation sites (tertiary alicyclic amines) is 1. The highest BCUT2D eigenvalue weighted by Gasteiger charge is 2.48. The van der Waals surface area contributed by atoms with E-state index in [1.807, 2.05) is 0 Å². The normalized spacial score (nSPS) is 22.7. The van der Waals surface area contributed by atoms with E-state index in [9.17, 15) is 27.9 Å². The minimum atomic E-state index is -4.23. The van der Waals surface area contributed by atoms with Crippen LogP contribution in [-0.2, 0) is 4.79 Å². The number of alkyl halides is 3. The second-order valence-corrected chi connectivity index (χ2v) is 5.74. The van der Waals surface area contributed by atoms with Gasteiger partial charge in [-0.05, 0) is 18.8 Å². The highest BCUT2D eigenvalue weighted by molar-refractivity contribution is 5.80. The molecule has 2 amide bonds. The number of carbonyl (C=O) groups is 2. The molecule has 5 nitrogen and oxygen atoms in total. The SMILES string of the molecule is CC(C)C1(C(=O)O)CCN(C(=O)NCCCC(F)(F)F)C1. The van der Waals surface area contributed by atoms with Gasteiger partial charge in [0.25, 0.3) is 0 Å². The summed E-state index contributed by atoms with van der Waals surface area (Å²) in [5, 5.41) is 11.8. The molecular weight excluding hydrogens is 289 g/mol. The Hall–Kier alpha value is -1.47. The van der Waals surface area contributed by atoms with Gasteiger partial charge in [-0.15, -0.1) is 0 Å². The fourth-order valence-electron chi connectivity index (χ4n) is 2.50. The van der Waals surface area contributed by atoms with Gasteiger partial charge in [-0.2, -0.15) is 13.2 Å². The van der Waals surface area contributed by atoms with Crippen molar-refractivity contribution in [2.75, 3.05) is 19.6 Å². The lowest BCUT2D eigenvalue weighted by Crippen LogP contribution is -2.44. The molecule has 21 heavy (non-hydrogen) atoms. The smallest absolute Gasteiger partial charge is 0.389 e. The Kier molecular flexibility index (Phi) is 5.47. The van der Waals surface area contributed by atoms with Crippen LogP contribution in [0.1, 0.15) is 33.1 Å². The number of carboxylic acid groups (broad SMARTS) is 1. The van der Waals surface area contributed by atoms with E-state index in [2.05, 4.69) is 5.32 Å².